The second-order valence-corrected chi connectivity index (χ2v) is 8.65. The van der Waals surface area contributed by atoms with E-state index in [2.05, 4.69) is 28.5 Å². The second kappa shape index (κ2) is 11.2. The molecule has 0 radical (unpaired) electrons. The molecule has 0 aliphatic heterocycles. The molecule has 7 heteroatoms. The van der Waals surface area contributed by atoms with Gasteiger partial charge in [-0.3, -0.25) is 14.3 Å². The van der Waals surface area contributed by atoms with Crippen molar-refractivity contribution < 1.29 is 0 Å². The van der Waals surface area contributed by atoms with Crippen molar-refractivity contribution in [1.29, 1.82) is 0 Å². The summed E-state index contributed by atoms with van der Waals surface area (Å²) in [6.07, 6.45) is 4.15. The van der Waals surface area contributed by atoms with Gasteiger partial charge in [0.05, 0.1) is 11.3 Å². The molecular formula is C29H28ClN5O. The van der Waals surface area contributed by atoms with Gasteiger partial charge in [0.1, 0.15) is 0 Å². The zero-order valence-electron chi connectivity index (χ0n) is 20.0. The van der Waals surface area contributed by atoms with Crippen molar-refractivity contribution in [2.45, 2.75) is 12.5 Å². The third-order valence-electron chi connectivity index (χ3n) is 6.15. The summed E-state index contributed by atoms with van der Waals surface area (Å²) in [4.78, 5) is 22.7. The Kier molecular flexibility index (Phi) is 7.78. The van der Waals surface area contributed by atoms with Crippen LogP contribution in [0.4, 0.5) is 5.95 Å². The molecule has 0 fully saturated rings. The first-order valence-electron chi connectivity index (χ1n) is 11.6. The normalized spacial score (nSPS) is 11.6. The highest BCUT2D eigenvalue weighted by Crippen LogP contribution is 2.30. The second-order valence-electron chi connectivity index (χ2n) is 8.65. The van der Waals surface area contributed by atoms with Gasteiger partial charge in [0.2, 0.25) is 5.95 Å². The fraction of sp³-hybridized carbons (Fsp3) is 0.138. The number of fused-ring (bicyclic) bond motifs is 1. The lowest BCUT2D eigenvalue weighted by Gasteiger charge is -2.18. The summed E-state index contributed by atoms with van der Waals surface area (Å²) >= 11 is 0. The van der Waals surface area contributed by atoms with Crippen LogP contribution in [0.1, 0.15) is 5.56 Å². The summed E-state index contributed by atoms with van der Waals surface area (Å²) < 4.78 is 1.56. The predicted octanol–water partition coefficient (Wildman–Crippen LogP) is 5.07. The summed E-state index contributed by atoms with van der Waals surface area (Å²) in [5.74, 6) is 0.481. The molecule has 0 aliphatic carbocycles. The number of nitrogens with two attached hydrogens (primary N) is 1. The number of benzene rings is 3. The average molecular weight is 498 g/mol. The predicted molar refractivity (Wildman–Crippen MR) is 150 cm³/mol. The highest BCUT2D eigenvalue weighted by atomic mass is 35.5. The minimum absolute atomic E-state index is 0. The summed E-state index contributed by atoms with van der Waals surface area (Å²) in [7, 11) is 1.74. The number of anilines is 1. The smallest absolute Gasteiger partial charge is 0.263 e. The Morgan fingerprint density at radius 2 is 1.58 bits per heavy atom. The van der Waals surface area contributed by atoms with Crippen LogP contribution in [0.5, 0.6) is 0 Å². The zero-order valence-corrected chi connectivity index (χ0v) is 20.8. The topological polar surface area (TPSA) is 85.8 Å². The molecule has 0 aliphatic rings. The highest BCUT2D eigenvalue weighted by molar-refractivity contribution is 5.90. The molecule has 0 bridgehead atoms. The third-order valence-corrected chi connectivity index (χ3v) is 6.15. The molecule has 1 atom stereocenters. The minimum Gasteiger partial charge on any atom is -0.354 e. The zero-order chi connectivity index (χ0) is 24.2. The summed E-state index contributed by atoms with van der Waals surface area (Å²) in [5.41, 5.74) is 10.3. The van der Waals surface area contributed by atoms with Crippen molar-refractivity contribution in [1.82, 2.24) is 14.5 Å². The van der Waals surface area contributed by atoms with Gasteiger partial charge in [-0.15, -0.1) is 12.4 Å². The lowest BCUT2D eigenvalue weighted by molar-refractivity contribution is 0.688. The molecule has 2 aromatic heterocycles. The molecule has 0 spiro atoms. The van der Waals surface area contributed by atoms with Crippen LogP contribution in [0.2, 0.25) is 0 Å². The quantitative estimate of drug-likeness (QED) is 0.328. The average Bonchev–Trinajstić information content (AvgIpc) is 2.90. The number of aromatic nitrogens is 3. The fourth-order valence-corrected chi connectivity index (χ4v) is 4.30. The van der Waals surface area contributed by atoms with Gasteiger partial charge in [-0.2, -0.15) is 0 Å². The summed E-state index contributed by atoms with van der Waals surface area (Å²) in [5, 5.41) is 5.50. The van der Waals surface area contributed by atoms with Crippen LogP contribution in [0, 0.1) is 0 Å². The lowest BCUT2D eigenvalue weighted by atomic mass is 9.98. The molecule has 0 amide bonds. The Morgan fingerprint density at radius 1 is 0.889 bits per heavy atom. The van der Waals surface area contributed by atoms with Gasteiger partial charge in [-0.1, -0.05) is 66.7 Å². The number of pyridine rings is 1. The van der Waals surface area contributed by atoms with Crippen LogP contribution in [0.15, 0.2) is 102 Å². The van der Waals surface area contributed by atoms with Crippen molar-refractivity contribution in [2.75, 3.05) is 11.9 Å². The van der Waals surface area contributed by atoms with Crippen LogP contribution in [0.3, 0.4) is 0 Å². The van der Waals surface area contributed by atoms with Crippen LogP contribution < -0.4 is 16.6 Å². The molecule has 1 unspecified atom stereocenters. The SMILES string of the molecule is Cl.Cn1c(NCC(N)Cc2ccccc2)nc(-c2ccncc2)c(-c2ccc3ccccc3c2)c1=O. The van der Waals surface area contributed by atoms with E-state index in [0.717, 1.165) is 28.3 Å². The van der Waals surface area contributed by atoms with Crippen molar-refractivity contribution in [3.8, 4) is 22.4 Å². The van der Waals surface area contributed by atoms with Crippen LogP contribution >= 0.6 is 12.4 Å². The van der Waals surface area contributed by atoms with E-state index < -0.39 is 0 Å². The first kappa shape index (κ1) is 25.1. The van der Waals surface area contributed by atoms with Gasteiger partial charge in [0.15, 0.2) is 0 Å². The minimum atomic E-state index is -0.126. The van der Waals surface area contributed by atoms with Crippen LogP contribution in [-0.2, 0) is 13.5 Å². The van der Waals surface area contributed by atoms with E-state index in [9.17, 15) is 4.79 Å². The monoisotopic (exact) mass is 497 g/mol. The molecule has 6 nitrogen and oxygen atoms in total. The number of halogens is 1. The Labute approximate surface area is 216 Å². The first-order chi connectivity index (χ1) is 17.1. The molecule has 2 heterocycles. The number of hydrogen-bond acceptors (Lipinski definition) is 5. The molecule has 3 aromatic carbocycles. The molecule has 36 heavy (non-hydrogen) atoms. The number of rotatable bonds is 7. The Balaban J connectivity index is 0.00000304. The van der Waals surface area contributed by atoms with Gasteiger partial charge in [-0.25, -0.2) is 4.98 Å². The Hall–Kier alpha value is -4.00. The molecule has 0 saturated carbocycles. The van der Waals surface area contributed by atoms with Crippen molar-refractivity contribution >= 4 is 29.1 Å². The molecule has 5 aromatic rings. The number of nitrogens with one attached hydrogen (secondary N) is 1. The van der Waals surface area contributed by atoms with E-state index >= 15 is 0 Å². The highest BCUT2D eigenvalue weighted by Gasteiger charge is 2.19. The lowest BCUT2D eigenvalue weighted by Crippen LogP contribution is -2.34. The van der Waals surface area contributed by atoms with E-state index in [1.165, 1.54) is 5.56 Å². The maximum Gasteiger partial charge on any atom is 0.263 e. The fourth-order valence-electron chi connectivity index (χ4n) is 4.30. The van der Waals surface area contributed by atoms with Gasteiger partial charge < -0.3 is 11.1 Å². The van der Waals surface area contributed by atoms with E-state index in [4.69, 9.17) is 10.7 Å². The van der Waals surface area contributed by atoms with Gasteiger partial charge in [-0.05, 0) is 46.5 Å². The van der Waals surface area contributed by atoms with Gasteiger partial charge in [0, 0.05) is 37.6 Å². The molecule has 0 saturated heterocycles. The van der Waals surface area contributed by atoms with Gasteiger partial charge >= 0.3 is 0 Å². The van der Waals surface area contributed by atoms with Gasteiger partial charge in [0.25, 0.3) is 5.56 Å². The Bertz CT molecular complexity index is 1520. The number of hydrogen-bond donors (Lipinski definition) is 2. The van der Waals surface area contributed by atoms with E-state index in [1.54, 1.807) is 24.0 Å². The first-order valence-corrected chi connectivity index (χ1v) is 11.6. The summed E-state index contributed by atoms with van der Waals surface area (Å²) in [6, 6.07) is 27.9. The van der Waals surface area contributed by atoms with Crippen LogP contribution in [0.25, 0.3) is 33.2 Å². The standard InChI is InChI=1S/C29H27N5O.ClH/c1-34-28(35)26(24-12-11-21-9-5-6-10-23(21)18-24)27(22-13-15-31-16-14-22)33-29(34)32-19-25(30)17-20-7-3-2-4-8-20;/h2-16,18,25H,17,19,30H2,1H3,(H,32,33);1H. The molecule has 5 rings (SSSR count). The largest absolute Gasteiger partial charge is 0.354 e. The van der Waals surface area contributed by atoms with Crippen molar-refractivity contribution in [3.63, 3.8) is 0 Å². The van der Waals surface area contributed by atoms with Crippen LogP contribution in [-0.4, -0.2) is 27.1 Å². The van der Waals surface area contributed by atoms with Crippen molar-refractivity contribution in [3.05, 3.63) is 113 Å². The Morgan fingerprint density at radius 3 is 2.33 bits per heavy atom. The molecule has 3 N–H and O–H groups in total. The van der Waals surface area contributed by atoms with E-state index in [1.807, 2.05) is 66.7 Å². The van der Waals surface area contributed by atoms with Crippen molar-refractivity contribution in [2.24, 2.45) is 12.8 Å². The third kappa shape index (κ3) is 5.30. The maximum absolute atomic E-state index is 13.7. The molecule has 182 valence electrons. The summed E-state index contributed by atoms with van der Waals surface area (Å²) in [6.45, 7) is 0.486. The number of nitrogens with zero attached hydrogens (tertiary/aromatic N) is 3. The van der Waals surface area contributed by atoms with E-state index in [-0.39, 0.29) is 24.0 Å². The maximum atomic E-state index is 13.7. The molecular weight excluding hydrogens is 470 g/mol. The van der Waals surface area contributed by atoms with E-state index in [0.29, 0.717) is 23.8 Å².